The Bertz CT molecular complexity index is 1710. The van der Waals surface area contributed by atoms with Gasteiger partial charge in [-0.25, -0.2) is 9.97 Å². The van der Waals surface area contributed by atoms with Crippen molar-refractivity contribution in [1.29, 1.82) is 0 Å². The molecule has 1 atom stereocenters. The number of rotatable bonds is 10. The number of carbonyl (C=O) groups excluding carboxylic acids is 1. The Balaban J connectivity index is 1.21. The summed E-state index contributed by atoms with van der Waals surface area (Å²) in [7, 11) is 0. The fourth-order valence-electron chi connectivity index (χ4n) is 5.04. The number of pyridine rings is 1. The van der Waals surface area contributed by atoms with Crippen LogP contribution in [0.3, 0.4) is 0 Å². The van der Waals surface area contributed by atoms with E-state index in [-0.39, 0.29) is 6.10 Å². The van der Waals surface area contributed by atoms with Crippen LogP contribution in [0.1, 0.15) is 28.3 Å². The van der Waals surface area contributed by atoms with Crippen molar-refractivity contribution in [2.75, 3.05) is 44.7 Å². The SMILES string of the molecule is C[C@@H](Oc1cc(-n2cnc3cc(-c4ccnc(NCCN5CCOCC5)c4)ccc32)sc1C(N)=O)c1ccccc1Cl. The summed E-state index contributed by atoms with van der Waals surface area (Å²) in [5.41, 5.74) is 10.4. The summed E-state index contributed by atoms with van der Waals surface area (Å²) in [5.74, 6) is 0.702. The van der Waals surface area contributed by atoms with Crippen LogP contribution in [-0.4, -0.2) is 64.7 Å². The normalized spacial score (nSPS) is 14.6. The van der Waals surface area contributed by atoms with Gasteiger partial charge in [0.1, 0.15) is 33.9 Å². The number of hydrogen-bond donors (Lipinski definition) is 2. The zero-order valence-electron chi connectivity index (χ0n) is 23.1. The number of nitrogens with one attached hydrogen (secondary N) is 1. The first-order valence-electron chi connectivity index (χ1n) is 13.8. The average Bonchev–Trinajstić information content (AvgIpc) is 3.62. The van der Waals surface area contributed by atoms with Gasteiger partial charge in [-0.2, -0.15) is 0 Å². The predicted octanol–water partition coefficient (Wildman–Crippen LogP) is 5.79. The lowest BCUT2D eigenvalue weighted by Gasteiger charge is -2.26. The van der Waals surface area contributed by atoms with Gasteiger partial charge in [-0.3, -0.25) is 14.3 Å². The summed E-state index contributed by atoms with van der Waals surface area (Å²) in [6, 6.07) is 19.5. The van der Waals surface area contributed by atoms with E-state index in [4.69, 9.17) is 26.8 Å². The third kappa shape index (κ3) is 6.12. The number of amides is 1. The summed E-state index contributed by atoms with van der Waals surface area (Å²) in [6.07, 6.45) is 3.19. The molecule has 42 heavy (non-hydrogen) atoms. The number of carbonyl (C=O) groups is 1. The molecule has 0 unspecified atom stereocenters. The number of thiophene rings is 1. The lowest BCUT2D eigenvalue weighted by atomic mass is 10.1. The Morgan fingerprint density at radius 3 is 2.74 bits per heavy atom. The molecular formula is C31H31ClN6O3S. The first-order chi connectivity index (χ1) is 20.5. The molecule has 3 aromatic heterocycles. The van der Waals surface area contributed by atoms with E-state index in [1.165, 1.54) is 11.3 Å². The molecule has 0 bridgehead atoms. The minimum atomic E-state index is -0.550. The molecule has 1 aliphatic rings. The molecule has 9 nitrogen and oxygen atoms in total. The van der Waals surface area contributed by atoms with Gasteiger partial charge in [-0.05, 0) is 48.4 Å². The first-order valence-corrected chi connectivity index (χ1v) is 15.0. The second-order valence-corrected chi connectivity index (χ2v) is 11.5. The van der Waals surface area contributed by atoms with Crippen LogP contribution >= 0.6 is 22.9 Å². The van der Waals surface area contributed by atoms with Crippen molar-refractivity contribution in [1.82, 2.24) is 19.4 Å². The maximum absolute atomic E-state index is 12.3. The van der Waals surface area contributed by atoms with E-state index in [9.17, 15) is 4.79 Å². The Labute approximate surface area is 252 Å². The van der Waals surface area contributed by atoms with Crippen LogP contribution in [0.15, 0.2) is 73.2 Å². The minimum Gasteiger partial charge on any atom is -0.484 e. The third-order valence-corrected chi connectivity index (χ3v) is 8.75. The molecule has 3 N–H and O–H groups in total. The lowest BCUT2D eigenvalue weighted by Crippen LogP contribution is -2.39. The summed E-state index contributed by atoms with van der Waals surface area (Å²) in [5, 5.41) is 4.81. The Kier molecular flexibility index (Phi) is 8.38. The van der Waals surface area contributed by atoms with Gasteiger partial charge in [0, 0.05) is 49.0 Å². The second-order valence-electron chi connectivity index (χ2n) is 10.1. The highest BCUT2D eigenvalue weighted by molar-refractivity contribution is 7.16. The molecule has 5 aromatic rings. The second kappa shape index (κ2) is 12.5. The Morgan fingerprint density at radius 1 is 1.12 bits per heavy atom. The molecule has 11 heteroatoms. The van der Waals surface area contributed by atoms with Gasteiger partial charge in [-0.1, -0.05) is 35.9 Å². The van der Waals surface area contributed by atoms with Crippen LogP contribution in [0.2, 0.25) is 5.02 Å². The lowest BCUT2D eigenvalue weighted by molar-refractivity contribution is 0.0398. The smallest absolute Gasteiger partial charge is 0.262 e. The number of anilines is 1. The number of fused-ring (bicyclic) bond motifs is 1. The van der Waals surface area contributed by atoms with Crippen molar-refractivity contribution in [2.45, 2.75) is 13.0 Å². The van der Waals surface area contributed by atoms with Gasteiger partial charge in [0.05, 0.1) is 24.2 Å². The number of ether oxygens (including phenoxy) is 2. The van der Waals surface area contributed by atoms with Crippen LogP contribution < -0.4 is 15.8 Å². The molecule has 2 aromatic carbocycles. The number of morpholine rings is 1. The fraction of sp³-hybridized carbons (Fsp3) is 0.258. The van der Waals surface area contributed by atoms with Crippen molar-refractivity contribution in [3.05, 3.63) is 88.7 Å². The Morgan fingerprint density at radius 2 is 1.93 bits per heavy atom. The highest BCUT2D eigenvalue weighted by Gasteiger charge is 2.21. The standard InChI is InChI=1S/C31H31ClN6O3S/c1-20(23-4-2-3-5-24(23)32)41-27-18-29(42-30(27)31(33)39)38-19-36-25-16-21(6-7-26(25)38)22-8-9-34-28(17-22)35-10-11-37-12-14-40-15-13-37/h2-9,16-20H,10-15H2,1H3,(H2,33,39)(H,34,35)/t20-/m1/s1. The average molecular weight is 603 g/mol. The number of nitrogens with zero attached hydrogens (tertiary/aromatic N) is 4. The molecule has 4 heterocycles. The summed E-state index contributed by atoms with van der Waals surface area (Å²) in [6.45, 7) is 7.17. The van der Waals surface area contributed by atoms with Crippen LogP contribution in [0.5, 0.6) is 5.75 Å². The fourth-order valence-corrected chi connectivity index (χ4v) is 6.26. The zero-order valence-corrected chi connectivity index (χ0v) is 24.7. The molecule has 0 saturated carbocycles. The topological polar surface area (TPSA) is 108 Å². The number of halogens is 1. The quantitative estimate of drug-likeness (QED) is 0.208. The monoisotopic (exact) mass is 602 g/mol. The van der Waals surface area contributed by atoms with E-state index in [1.54, 1.807) is 6.33 Å². The molecule has 0 aliphatic carbocycles. The summed E-state index contributed by atoms with van der Waals surface area (Å²) < 4.78 is 13.6. The first kappa shape index (κ1) is 28.2. The summed E-state index contributed by atoms with van der Waals surface area (Å²) >= 11 is 7.63. The van der Waals surface area contributed by atoms with Crippen LogP contribution in [-0.2, 0) is 4.74 Å². The maximum Gasteiger partial charge on any atom is 0.262 e. The van der Waals surface area contributed by atoms with E-state index in [0.29, 0.717) is 15.6 Å². The molecule has 1 amide bonds. The number of imidazole rings is 1. The van der Waals surface area contributed by atoms with Gasteiger partial charge in [-0.15, -0.1) is 11.3 Å². The van der Waals surface area contributed by atoms with Crippen LogP contribution in [0.25, 0.3) is 27.2 Å². The molecule has 1 aliphatic heterocycles. The number of hydrogen-bond acceptors (Lipinski definition) is 8. The van der Waals surface area contributed by atoms with E-state index in [0.717, 1.165) is 77.9 Å². The van der Waals surface area contributed by atoms with E-state index in [2.05, 4.69) is 38.4 Å². The molecular weight excluding hydrogens is 572 g/mol. The van der Waals surface area contributed by atoms with Gasteiger partial charge in [0.2, 0.25) is 0 Å². The van der Waals surface area contributed by atoms with Crippen LogP contribution in [0.4, 0.5) is 5.82 Å². The molecule has 1 fully saturated rings. The minimum absolute atomic E-state index is 0.341. The number of aromatic nitrogens is 3. The number of primary amides is 1. The molecule has 1 saturated heterocycles. The van der Waals surface area contributed by atoms with Crippen LogP contribution in [0, 0.1) is 0 Å². The molecule has 0 radical (unpaired) electrons. The largest absolute Gasteiger partial charge is 0.484 e. The van der Waals surface area contributed by atoms with Crippen molar-refractivity contribution in [3.63, 3.8) is 0 Å². The number of nitrogens with two attached hydrogens (primary N) is 1. The van der Waals surface area contributed by atoms with E-state index in [1.807, 2.05) is 60.2 Å². The van der Waals surface area contributed by atoms with Gasteiger partial charge in [0.25, 0.3) is 5.91 Å². The van der Waals surface area contributed by atoms with Gasteiger partial charge >= 0.3 is 0 Å². The predicted molar refractivity (Wildman–Crippen MR) is 167 cm³/mol. The van der Waals surface area contributed by atoms with Gasteiger partial charge in [0.15, 0.2) is 0 Å². The zero-order chi connectivity index (χ0) is 29.1. The van der Waals surface area contributed by atoms with Gasteiger partial charge < -0.3 is 20.5 Å². The van der Waals surface area contributed by atoms with E-state index >= 15 is 0 Å². The Hall–Kier alpha value is -3.96. The third-order valence-electron chi connectivity index (χ3n) is 7.27. The van der Waals surface area contributed by atoms with E-state index < -0.39 is 5.91 Å². The molecule has 216 valence electrons. The van der Waals surface area contributed by atoms with Crippen molar-refractivity contribution >= 4 is 45.7 Å². The molecule has 6 rings (SSSR count). The van der Waals surface area contributed by atoms with Crippen molar-refractivity contribution < 1.29 is 14.3 Å². The van der Waals surface area contributed by atoms with Crippen molar-refractivity contribution in [3.8, 4) is 21.9 Å². The number of benzene rings is 2. The highest BCUT2D eigenvalue weighted by Crippen LogP contribution is 2.37. The van der Waals surface area contributed by atoms with Crippen molar-refractivity contribution in [2.24, 2.45) is 5.73 Å². The highest BCUT2D eigenvalue weighted by atomic mass is 35.5. The summed E-state index contributed by atoms with van der Waals surface area (Å²) in [4.78, 5) is 24.2. The maximum atomic E-state index is 12.3. The molecule has 0 spiro atoms.